The Morgan fingerprint density at radius 2 is 1.55 bits per heavy atom. The number of rotatable bonds is 8. The number of hydrogen-bond acceptors (Lipinski definition) is 11. The van der Waals surface area contributed by atoms with Crippen molar-refractivity contribution < 1.29 is 9.47 Å². The number of hydrogen-bond donors (Lipinski definition) is 2. The van der Waals surface area contributed by atoms with Crippen LogP contribution in [0, 0.1) is 0 Å². The summed E-state index contributed by atoms with van der Waals surface area (Å²) in [5.74, 6) is 1.96. The predicted octanol–water partition coefficient (Wildman–Crippen LogP) is 1.52. The molecule has 0 spiro atoms. The van der Waals surface area contributed by atoms with Crippen LogP contribution in [0.3, 0.4) is 0 Å². The molecule has 1 aliphatic heterocycles. The highest BCUT2D eigenvalue weighted by molar-refractivity contribution is 7.99. The molecule has 0 bridgehead atoms. The van der Waals surface area contributed by atoms with Crippen molar-refractivity contribution in [1.82, 2.24) is 24.8 Å². The lowest BCUT2D eigenvalue weighted by atomic mass is 10.2. The van der Waals surface area contributed by atoms with Crippen LogP contribution in [0.4, 0.5) is 17.6 Å². The predicted molar refractivity (Wildman–Crippen MR) is 114 cm³/mol. The van der Waals surface area contributed by atoms with Crippen molar-refractivity contribution in [2.75, 3.05) is 63.3 Å². The Morgan fingerprint density at radius 1 is 0.966 bits per heavy atom. The van der Waals surface area contributed by atoms with Crippen LogP contribution in [-0.4, -0.2) is 71.8 Å². The second-order valence-electron chi connectivity index (χ2n) is 6.66. The van der Waals surface area contributed by atoms with E-state index in [1.165, 1.54) is 30.7 Å². The third kappa shape index (κ3) is 5.30. The summed E-state index contributed by atoms with van der Waals surface area (Å²) in [6.45, 7) is 7.04. The van der Waals surface area contributed by atoms with Gasteiger partial charge in [-0.3, -0.25) is 4.90 Å². The number of anilines is 3. The summed E-state index contributed by atoms with van der Waals surface area (Å²) in [5, 5.41) is 0.375. The quantitative estimate of drug-likeness (QED) is 0.603. The minimum absolute atomic E-state index is 0.288. The van der Waals surface area contributed by atoms with Gasteiger partial charge in [0.1, 0.15) is 16.5 Å². The Balaban J connectivity index is 1.81. The monoisotopic (exact) mass is 420 g/mol. The summed E-state index contributed by atoms with van der Waals surface area (Å²) in [7, 11) is 3.12. The Hall–Kier alpha value is -2.53. The number of nitrogen functional groups attached to an aromatic ring is 2. The molecule has 0 aliphatic carbocycles. The van der Waals surface area contributed by atoms with Crippen LogP contribution in [0.2, 0.25) is 0 Å². The summed E-state index contributed by atoms with van der Waals surface area (Å²) < 4.78 is 11.0. The van der Waals surface area contributed by atoms with Gasteiger partial charge in [0.25, 0.3) is 0 Å². The Labute approximate surface area is 175 Å². The second kappa shape index (κ2) is 9.79. The molecule has 0 saturated carbocycles. The molecule has 3 rings (SSSR count). The lowest BCUT2D eigenvalue weighted by Gasteiger charge is -2.34. The molecule has 0 atom stereocenters. The summed E-state index contributed by atoms with van der Waals surface area (Å²) >= 11 is 1.20. The van der Waals surface area contributed by atoms with Crippen molar-refractivity contribution >= 4 is 29.3 Å². The van der Waals surface area contributed by atoms with Gasteiger partial charge in [-0.2, -0.15) is 9.97 Å². The van der Waals surface area contributed by atoms with Gasteiger partial charge < -0.3 is 25.8 Å². The number of nitrogens with zero attached hydrogens (tertiary/aromatic N) is 6. The molecule has 0 unspecified atom stereocenters. The van der Waals surface area contributed by atoms with Gasteiger partial charge >= 0.3 is 0 Å². The van der Waals surface area contributed by atoms with Crippen LogP contribution in [-0.2, 0) is 0 Å². The average molecular weight is 421 g/mol. The number of aromatic nitrogens is 4. The summed E-state index contributed by atoms with van der Waals surface area (Å²) in [6.07, 6.45) is 2.43. The lowest BCUT2D eigenvalue weighted by molar-refractivity contribution is 0.252. The molecule has 158 valence electrons. The first-order valence-corrected chi connectivity index (χ1v) is 10.4. The maximum Gasteiger partial charge on any atom is 0.236 e. The van der Waals surface area contributed by atoms with Crippen molar-refractivity contribution in [1.29, 1.82) is 0 Å². The zero-order chi connectivity index (χ0) is 20.8. The summed E-state index contributed by atoms with van der Waals surface area (Å²) in [5.41, 5.74) is 11.5. The van der Waals surface area contributed by atoms with Gasteiger partial charge in [0.2, 0.25) is 17.7 Å². The lowest BCUT2D eigenvalue weighted by Crippen LogP contribution is -2.47. The van der Waals surface area contributed by atoms with Crippen molar-refractivity contribution in [3.8, 4) is 11.8 Å². The van der Waals surface area contributed by atoms with E-state index >= 15 is 0 Å². The molecule has 2 aromatic heterocycles. The van der Waals surface area contributed by atoms with Crippen molar-refractivity contribution in [3.05, 3.63) is 6.07 Å². The van der Waals surface area contributed by atoms with Crippen LogP contribution in [0.15, 0.2) is 16.1 Å². The van der Waals surface area contributed by atoms with Gasteiger partial charge in [0, 0.05) is 32.2 Å². The number of piperazine rings is 1. The maximum absolute atomic E-state index is 5.77. The zero-order valence-corrected chi connectivity index (χ0v) is 17.9. The standard InChI is InChI=1S/C18H28N8O2S/c1-4-5-6-25-7-9-26(10-8-25)17-23-15(27-2)14(16(24-17)28-3)29-18-21-12(19)11-13(20)22-18/h11H,4-10H2,1-3H3,(H4,19,20,21,22). The van der Waals surface area contributed by atoms with Crippen LogP contribution < -0.4 is 25.8 Å². The molecular weight excluding hydrogens is 392 g/mol. The first-order valence-electron chi connectivity index (χ1n) is 9.59. The molecule has 0 aromatic carbocycles. The van der Waals surface area contributed by atoms with E-state index in [4.69, 9.17) is 20.9 Å². The van der Waals surface area contributed by atoms with Gasteiger partial charge in [-0.1, -0.05) is 13.3 Å². The first-order chi connectivity index (χ1) is 14.0. The average Bonchev–Trinajstić information content (AvgIpc) is 2.72. The molecule has 4 N–H and O–H groups in total. The molecule has 3 heterocycles. The Morgan fingerprint density at radius 3 is 2.07 bits per heavy atom. The summed E-state index contributed by atoms with van der Waals surface area (Å²) in [4.78, 5) is 22.8. The van der Waals surface area contributed by atoms with Crippen molar-refractivity contribution in [2.45, 2.75) is 29.8 Å². The molecule has 0 amide bonds. The molecule has 0 radical (unpaired) electrons. The van der Waals surface area contributed by atoms with Gasteiger partial charge in [-0.05, 0) is 24.7 Å². The van der Waals surface area contributed by atoms with E-state index in [1.54, 1.807) is 14.2 Å². The Kier molecular flexibility index (Phi) is 7.15. The zero-order valence-electron chi connectivity index (χ0n) is 17.1. The number of methoxy groups -OCH3 is 2. The molecule has 29 heavy (non-hydrogen) atoms. The van der Waals surface area contributed by atoms with Gasteiger partial charge in [-0.25, -0.2) is 9.97 Å². The van der Waals surface area contributed by atoms with E-state index in [9.17, 15) is 0 Å². The molecule has 1 aliphatic rings. The van der Waals surface area contributed by atoms with Gasteiger partial charge in [0.05, 0.1) is 14.2 Å². The highest BCUT2D eigenvalue weighted by Gasteiger charge is 2.24. The third-order valence-corrected chi connectivity index (χ3v) is 5.52. The fourth-order valence-corrected chi connectivity index (χ4v) is 3.97. The van der Waals surface area contributed by atoms with Crippen LogP contribution in [0.25, 0.3) is 0 Å². The largest absolute Gasteiger partial charge is 0.480 e. The van der Waals surface area contributed by atoms with Crippen molar-refractivity contribution in [2.24, 2.45) is 0 Å². The van der Waals surface area contributed by atoms with E-state index in [1.807, 2.05) is 0 Å². The minimum atomic E-state index is 0.288. The number of ether oxygens (including phenoxy) is 2. The van der Waals surface area contributed by atoms with E-state index in [0.29, 0.717) is 27.8 Å². The van der Waals surface area contributed by atoms with E-state index in [2.05, 4.69) is 36.7 Å². The van der Waals surface area contributed by atoms with E-state index < -0.39 is 0 Å². The fourth-order valence-electron chi connectivity index (χ4n) is 3.06. The highest BCUT2D eigenvalue weighted by Crippen LogP contribution is 2.40. The third-order valence-electron chi connectivity index (χ3n) is 4.60. The van der Waals surface area contributed by atoms with Crippen molar-refractivity contribution in [3.63, 3.8) is 0 Å². The first kappa shape index (κ1) is 21.2. The molecule has 1 saturated heterocycles. The molecule has 10 nitrogen and oxygen atoms in total. The molecule has 1 fully saturated rings. The van der Waals surface area contributed by atoms with E-state index in [0.717, 1.165) is 32.7 Å². The Bertz CT molecular complexity index is 784. The minimum Gasteiger partial charge on any atom is -0.480 e. The van der Waals surface area contributed by atoms with E-state index in [-0.39, 0.29) is 11.6 Å². The van der Waals surface area contributed by atoms with Crippen LogP contribution in [0.5, 0.6) is 11.8 Å². The van der Waals surface area contributed by atoms with Gasteiger partial charge in [0.15, 0.2) is 5.16 Å². The smallest absolute Gasteiger partial charge is 0.236 e. The topological polar surface area (TPSA) is 129 Å². The normalized spacial score (nSPS) is 14.8. The van der Waals surface area contributed by atoms with Gasteiger partial charge in [-0.15, -0.1) is 0 Å². The molecular formula is C18H28N8O2S. The number of unbranched alkanes of at least 4 members (excludes halogenated alkanes) is 1. The fraction of sp³-hybridized carbons (Fsp3) is 0.556. The maximum atomic E-state index is 5.77. The molecule has 11 heteroatoms. The summed E-state index contributed by atoms with van der Waals surface area (Å²) in [6, 6.07) is 1.50. The molecule has 2 aromatic rings. The van der Waals surface area contributed by atoms with Crippen LogP contribution >= 0.6 is 11.8 Å². The number of nitrogens with two attached hydrogens (primary N) is 2. The second-order valence-corrected chi connectivity index (χ2v) is 7.63. The van der Waals surface area contributed by atoms with Crippen LogP contribution in [0.1, 0.15) is 19.8 Å². The SMILES string of the molecule is CCCCN1CCN(c2nc(OC)c(Sc3nc(N)cc(N)n3)c(OC)n2)CC1. The highest BCUT2D eigenvalue weighted by atomic mass is 32.2.